The molecule has 1 aliphatic rings. The molecule has 0 aliphatic heterocycles. The largest absolute Gasteiger partial charge is 0.481 e. The summed E-state index contributed by atoms with van der Waals surface area (Å²) in [5.41, 5.74) is 0.754. The molecule has 0 spiro atoms. The lowest BCUT2D eigenvalue weighted by atomic mass is 9.83. The summed E-state index contributed by atoms with van der Waals surface area (Å²) in [4.78, 5) is 13.9. The highest BCUT2D eigenvalue weighted by Crippen LogP contribution is 2.43. The van der Waals surface area contributed by atoms with E-state index in [-0.39, 0.29) is 11.3 Å². The SMILES string of the molecule is Cc1ccccc1OCC#CCNC(=O)C1(c2cccs2)CCCC1. The van der Waals surface area contributed by atoms with Crippen LogP contribution >= 0.6 is 11.3 Å². The number of rotatable bonds is 5. The van der Waals surface area contributed by atoms with Gasteiger partial charge in [-0.25, -0.2) is 0 Å². The molecule has 0 unspecified atom stereocenters. The molecule has 25 heavy (non-hydrogen) atoms. The van der Waals surface area contributed by atoms with Crippen molar-refractivity contribution in [3.8, 4) is 17.6 Å². The molecule has 2 aromatic rings. The van der Waals surface area contributed by atoms with Gasteiger partial charge in [0.25, 0.3) is 0 Å². The highest BCUT2D eigenvalue weighted by molar-refractivity contribution is 7.10. The van der Waals surface area contributed by atoms with Crippen LogP contribution in [0.25, 0.3) is 0 Å². The Morgan fingerprint density at radius 2 is 2.00 bits per heavy atom. The zero-order chi connectivity index (χ0) is 17.5. The molecule has 0 bridgehead atoms. The van der Waals surface area contributed by atoms with E-state index >= 15 is 0 Å². The average molecular weight is 353 g/mol. The van der Waals surface area contributed by atoms with E-state index in [1.165, 1.54) is 4.88 Å². The third-order valence-corrected chi connectivity index (χ3v) is 5.81. The van der Waals surface area contributed by atoms with Gasteiger partial charge in [-0.2, -0.15) is 0 Å². The van der Waals surface area contributed by atoms with E-state index in [1.54, 1.807) is 11.3 Å². The number of amides is 1. The molecule has 130 valence electrons. The van der Waals surface area contributed by atoms with Gasteiger partial charge in [0.1, 0.15) is 12.4 Å². The van der Waals surface area contributed by atoms with Crippen LogP contribution in [-0.4, -0.2) is 19.1 Å². The second-order valence-electron chi connectivity index (χ2n) is 6.36. The van der Waals surface area contributed by atoms with Gasteiger partial charge in [-0.05, 0) is 42.8 Å². The standard InChI is InChI=1S/C21H23NO2S/c1-17-9-2-3-10-18(17)24-15-7-6-14-22-20(23)21(12-4-5-13-21)19-11-8-16-25-19/h2-3,8-11,16H,4-5,12-15H2,1H3,(H,22,23). The zero-order valence-electron chi connectivity index (χ0n) is 14.5. The molecule has 3 rings (SSSR count). The van der Waals surface area contributed by atoms with Gasteiger partial charge in [-0.1, -0.05) is 48.9 Å². The van der Waals surface area contributed by atoms with Crippen molar-refractivity contribution in [3.05, 3.63) is 52.2 Å². The predicted molar refractivity (Wildman–Crippen MR) is 102 cm³/mol. The summed E-state index contributed by atoms with van der Waals surface area (Å²) in [5, 5.41) is 5.05. The highest BCUT2D eigenvalue weighted by atomic mass is 32.1. The second-order valence-corrected chi connectivity index (χ2v) is 7.30. The van der Waals surface area contributed by atoms with E-state index in [0.29, 0.717) is 13.2 Å². The highest BCUT2D eigenvalue weighted by Gasteiger charge is 2.43. The Hall–Kier alpha value is -2.25. The van der Waals surface area contributed by atoms with Crippen molar-refractivity contribution >= 4 is 17.2 Å². The van der Waals surface area contributed by atoms with Gasteiger partial charge >= 0.3 is 0 Å². The number of aryl methyl sites for hydroxylation is 1. The summed E-state index contributed by atoms with van der Waals surface area (Å²) in [5.74, 6) is 6.92. The number of hydrogen-bond donors (Lipinski definition) is 1. The van der Waals surface area contributed by atoms with Crippen LogP contribution in [0.1, 0.15) is 36.1 Å². The number of benzene rings is 1. The maximum absolute atomic E-state index is 12.8. The Morgan fingerprint density at radius 1 is 1.20 bits per heavy atom. The molecule has 1 saturated carbocycles. The molecule has 1 aromatic heterocycles. The lowest BCUT2D eigenvalue weighted by Gasteiger charge is -2.26. The first-order chi connectivity index (χ1) is 12.2. The maximum Gasteiger partial charge on any atom is 0.232 e. The van der Waals surface area contributed by atoms with Crippen LogP contribution in [0, 0.1) is 18.8 Å². The molecule has 0 atom stereocenters. The minimum absolute atomic E-state index is 0.113. The fraction of sp³-hybridized carbons (Fsp3) is 0.381. The fourth-order valence-corrected chi connectivity index (χ4v) is 4.34. The van der Waals surface area contributed by atoms with E-state index in [1.807, 2.05) is 42.6 Å². The number of carbonyl (C=O) groups is 1. The molecule has 0 saturated heterocycles. The summed E-state index contributed by atoms with van der Waals surface area (Å²) >= 11 is 1.68. The van der Waals surface area contributed by atoms with E-state index in [9.17, 15) is 4.79 Å². The molecule has 1 aliphatic carbocycles. The molecule has 1 heterocycles. The van der Waals surface area contributed by atoms with Crippen LogP contribution in [0.15, 0.2) is 41.8 Å². The van der Waals surface area contributed by atoms with Crippen LogP contribution in [0.3, 0.4) is 0 Å². The lowest BCUT2D eigenvalue weighted by molar-refractivity contribution is -0.126. The maximum atomic E-state index is 12.8. The average Bonchev–Trinajstić information content (AvgIpc) is 3.30. The van der Waals surface area contributed by atoms with Gasteiger partial charge in [0.2, 0.25) is 5.91 Å². The smallest absolute Gasteiger partial charge is 0.232 e. The number of ether oxygens (including phenoxy) is 1. The molecule has 3 nitrogen and oxygen atoms in total. The first-order valence-corrected chi connectivity index (χ1v) is 9.57. The van der Waals surface area contributed by atoms with Gasteiger partial charge in [-0.15, -0.1) is 11.3 Å². The zero-order valence-corrected chi connectivity index (χ0v) is 15.3. The molecule has 1 aromatic carbocycles. The Balaban J connectivity index is 1.50. The molecular formula is C21H23NO2S. The van der Waals surface area contributed by atoms with Crippen molar-refractivity contribution in [2.45, 2.75) is 38.0 Å². The monoisotopic (exact) mass is 353 g/mol. The molecular weight excluding hydrogens is 330 g/mol. The molecule has 4 heteroatoms. The first kappa shape index (κ1) is 17.6. The van der Waals surface area contributed by atoms with Crippen molar-refractivity contribution < 1.29 is 9.53 Å². The number of carbonyl (C=O) groups excluding carboxylic acids is 1. The van der Waals surface area contributed by atoms with Gasteiger partial charge in [0.15, 0.2) is 0 Å². The molecule has 0 radical (unpaired) electrons. The van der Waals surface area contributed by atoms with Gasteiger partial charge < -0.3 is 10.1 Å². The normalized spacial score (nSPS) is 15.2. The fourth-order valence-electron chi connectivity index (χ4n) is 3.35. The van der Waals surface area contributed by atoms with E-state index in [0.717, 1.165) is 37.0 Å². The number of thiophene rings is 1. The van der Waals surface area contributed by atoms with Crippen LogP contribution in [-0.2, 0) is 10.2 Å². The van der Waals surface area contributed by atoms with Crippen LogP contribution < -0.4 is 10.1 Å². The van der Waals surface area contributed by atoms with Gasteiger partial charge in [-0.3, -0.25) is 4.79 Å². The first-order valence-electron chi connectivity index (χ1n) is 8.69. The Bertz CT molecular complexity index is 765. The summed E-state index contributed by atoms with van der Waals surface area (Å²) in [6, 6.07) is 12.0. The molecule has 1 amide bonds. The van der Waals surface area contributed by atoms with Crippen molar-refractivity contribution in [1.29, 1.82) is 0 Å². The second kappa shape index (κ2) is 8.22. The van der Waals surface area contributed by atoms with Crippen LogP contribution in [0.4, 0.5) is 0 Å². The van der Waals surface area contributed by atoms with E-state index in [2.05, 4.69) is 23.2 Å². The summed E-state index contributed by atoms with van der Waals surface area (Å²) in [7, 11) is 0. The predicted octanol–water partition coefficient (Wildman–Crippen LogP) is 4.07. The lowest BCUT2D eigenvalue weighted by Crippen LogP contribution is -2.42. The van der Waals surface area contributed by atoms with Crippen molar-refractivity contribution in [2.75, 3.05) is 13.2 Å². The van der Waals surface area contributed by atoms with Gasteiger partial charge in [0, 0.05) is 4.88 Å². The van der Waals surface area contributed by atoms with E-state index < -0.39 is 0 Å². The van der Waals surface area contributed by atoms with Gasteiger partial charge in [0.05, 0.1) is 12.0 Å². The third kappa shape index (κ3) is 4.05. The Labute approximate surface area is 153 Å². The Kier molecular flexibility index (Phi) is 5.78. The minimum atomic E-state index is -0.340. The topological polar surface area (TPSA) is 38.3 Å². The van der Waals surface area contributed by atoms with Crippen molar-refractivity contribution in [1.82, 2.24) is 5.32 Å². The minimum Gasteiger partial charge on any atom is -0.481 e. The summed E-state index contributed by atoms with van der Waals surface area (Å²) in [6.45, 7) is 2.70. The van der Waals surface area contributed by atoms with Crippen LogP contribution in [0.2, 0.25) is 0 Å². The Morgan fingerprint density at radius 3 is 2.72 bits per heavy atom. The summed E-state index contributed by atoms with van der Waals surface area (Å²) in [6.07, 6.45) is 4.09. The van der Waals surface area contributed by atoms with Crippen molar-refractivity contribution in [2.24, 2.45) is 0 Å². The molecule has 1 N–H and O–H groups in total. The number of para-hydroxylation sites is 1. The quantitative estimate of drug-likeness (QED) is 0.823. The third-order valence-electron chi connectivity index (χ3n) is 4.74. The molecule has 1 fully saturated rings. The van der Waals surface area contributed by atoms with Crippen LogP contribution in [0.5, 0.6) is 5.75 Å². The number of hydrogen-bond acceptors (Lipinski definition) is 3. The van der Waals surface area contributed by atoms with Crippen molar-refractivity contribution in [3.63, 3.8) is 0 Å². The van der Waals surface area contributed by atoms with E-state index in [4.69, 9.17) is 4.74 Å². The number of nitrogens with one attached hydrogen (secondary N) is 1. The summed E-state index contributed by atoms with van der Waals surface area (Å²) < 4.78 is 5.64.